The number of benzene rings is 3. The quantitative estimate of drug-likeness (QED) is 0.293. The number of fused-ring (bicyclic) bond motifs is 1. The number of anilines is 2. The molecule has 1 heterocycles. The molecule has 3 N–H and O–H groups in total. The molecule has 1 unspecified atom stereocenters. The fourth-order valence-electron chi connectivity index (χ4n) is 4.67. The highest BCUT2D eigenvalue weighted by Crippen LogP contribution is 2.41. The van der Waals surface area contributed by atoms with Gasteiger partial charge in [-0.25, -0.2) is 13.8 Å². The number of hydrogen-bond acceptors (Lipinski definition) is 5. The first-order valence-electron chi connectivity index (χ1n) is 11.0. The van der Waals surface area contributed by atoms with Gasteiger partial charge in [-0.2, -0.15) is 0 Å². The maximum absolute atomic E-state index is 14.9. The number of aromatic nitrogens is 1. The molecule has 1 fully saturated rings. The minimum Gasteiger partial charge on any atom is -0.481 e. The molecular formula is C26H22F2N2O3S. The van der Waals surface area contributed by atoms with Crippen LogP contribution in [0, 0.1) is 23.5 Å². The van der Waals surface area contributed by atoms with E-state index in [9.17, 15) is 23.8 Å². The van der Waals surface area contributed by atoms with Crippen molar-refractivity contribution in [2.75, 3.05) is 5.32 Å². The molecule has 174 valence electrons. The van der Waals surface area contributed by atoms with Gasteiger partial charge >= 0.3 is 5.97 Å². The average Bonchev–Trinajstić information content (AvgIpc) is 3.46. The van der Waals surface area contributed by atoms with Gasteiger partial charge in [-0.05, 0) is 60.4 Å². The van der Waals surface area contributed by atoms with Crippen molar-refractivity contribution in [2.45, 2.75) is 25.4 Å². The molecule has 3 atom stereocenters. The lowest BCUT2D eigenvalue weighted by Gasteiger charge is -2.23. The second kappa shape index (κ2) is 9.12. The molecule has 0 aliphatic heterocycles. The normalized spacial score (nSPS) is 18.8. The van der Waals surface area contributed by atoms with Crippen LogP contribution in [0.2, 0.25) is 0 Å². The van der Waals surface area contributed by atoms with E-state index in [4.69, 9.17) is 0 Å². The van der Waals surface area contributed by atoms with E-state index in [1.54, 1.807) is 18.2 Å². The molecule has 0 bridgehead atoms. The third-order valence-corrected chi connectivity index (χ3v) is 7.36. The van der Waals surface area contributed by atoms with E-state index >= 15 is 0 Å². The van der Waals surface area contributed by atoms with Gasteiger partial charge in [-0.3, -0.25) is 4.79 Å². The van der Waals surface area contributed by atoms with Gasteiger partial charge in [0.2, 0.25) is 0 Å². The van der Waals surface area contributed by atoms with Crippen LogP contribution in [0.4, 0.5) is 19.6 Å². The zero-order valence-electron chi connectivity index (χ0n) is 18.0. The summed E-state index contributed by atoms with van der Waals surface area (Å²) in [4.78, 5) is 15.9. The van der Waals surface area contributed by atoms with Gasteiger partial charge in [-0.1, -0.05) is 42.0 Å². The summed E-state index contributed by atoms with van der Waals surface area (Å²) in [6.45, 7) is 0. The van der Waals surface area contributed by atoms with Crippen molar-refractivity contribution in [3.05, 3.63) is 77.9 Å². The first-order valence-corrected chi connectivity index (χ1v) is 11.8. The molecule has 3 aromatic carbocycles. The van der Waals surface area contributed by atoms with Crippen molar-refractivity contribution < 1.29 is 23.8 Å². The maximum atomic E-state index is 14.9. The Hall–Kier alpha value is -3.36. The first kappa shape index (κ1) is 22.4. The van der Waals surface area contributed by atoms with Gasteiger partial charge in [0, 0.05) is 17.2 Å². The van der Waals surface area contributed by atoms with Crippen molar-refractivity contribution in [1.29, 1.82) is 0 Å². The van der Waals surface area contributed by atoms with E-state index in [2.05, 4.69) is 10.3 Å². The molecule has 0 spiro atoms. The van der Waals surface area contributed by atoms with Crippen molar-refractivity contribution >= 4 is 38.3 Å². The molecule has 1 aliphatic rings. The number of thiazole rings is 1. The van der Waals surface area contributed by atoms with Crippen LogP contribution >= 0.6 is 11.3 Å². The molecule has 5 nitrogen and oxygen atoms in total. The Bertz CT molecular complexity index is 1360. The Balaban J connectivity index is 1.32. The standard InChI is InChI=1S/C26H22F2N2O3S/c27-16-7-11-22-23(13-16)34-26(30-22)29-17-8-4-14(5-9-17)15-6-10-20(21(28)12-15)24(31)18-2-1-3-19(18)25(32)33/h4-13,18-19,24,31H,1-3H2,(H,29,30)(H,32,33)/t18-,19-,24?/m1/s1. The highest BCUT2D eigenvalue weighted by atomic mass is 32.1. The second-order valence-electron chi connectivity index (χ2n) is 8.55. The number of carbonyl (C=O) groups is 1. The molecule has 5 rings (SSSR count). The topological polar surface area (TPSA) is 82.5 Å². The largest absolute Gasteiger partial charge is 0.481 e. The predicted octanol–water partition coefficient (Wildman–Crippen LogP) is 6.52. The molecule has 1 aromatic heterocycles. The average molecular weight is 481 g/mol. The summed E-state index contributed by atoms with van der Waals surface area (Å²) in [5, 5.41) is 23.9. The third-order valence-electron chi connectivity index (χ3n) is 6.43. The highest BCUT2D eigenvalue weighted by molar-refractivity contribution is 7.22. The van der Waals surface area contributed by atoms with Crippen molar-refractivity contribution in [3.8, 4) is 11.1 Å². The van der Waals surface area contributed by atoms with Crippen LogP contribution in [0.25, 0.3) is 21.3 Å². The number of aliphatic carboxylic acids is 1. The van der Waals surface area contributed by atoms with Gasteiger partial charge in [0.05, 0.1) is 22.2 Å². The molecule has 0 amide bonds. The first-order chi connectivity index (χ1) is 16.4. The Labute approximate surface area is 198 Å². The minimum atomic E-state index is -1.15. The van der Waals surface area contributed by atoms with E-state index in [0.717, 1.165) is 21.5 Å². The van der Waals surface area contributed by atoms with E-state index < -0.39 is 29.7 Å². The van der Waals surface area contributed by atoms with Crippen molar-refractivity contribution in [3.63, 3.8) is 0 Å². The lowest BCUT2D eigenvalue weighted by atomic mass is 9.86. The van der Waals surface area contributed by atoms with Gasteiger partial charge in [0.25, 0.3) is 0 Å². The number of halogens is 2. The monoisotopic (exact) mass is 480 g/mol. The summed E-state index contributed by atoms with van der Waals surface area (Å²) in [6.07, 6.45) is 0.640. The molecule has 0 radical (unpaired) electrons. The number of aliphatic hydroxyl groups excluding tert-OH is 1. The predicted molar refractivity (Wildman–Crippen MR) is 128 cm³/mol. The Morgan fingerprint density at radius 2 is 1.79 bits per heavy atom. The molecular weight excluding hydrogens is 458 g/mol. The van der Waals surface area contributed by atoms with Crippen LogP contribution in [0.5, 0.6) is 0 Å². The molecule has 34 heavy (non-hydrogen) atoms. The fourth-order valence-corrected chi connectivity index (χ4v) is 5.58. The van der Waals surface area contributed by atoms with E-state index in [1.807, 2.05) is 24.3 Å². The number of nitrogens with zero attached hydrogens (tertiary/aromatic N) is 1. The summed E-state index contributed by atoms with van der Waals surface area (Å²) >= 11 is 1.35. The van der Waals surface area contributed by atoms with E-state index in [-0.39, 0.29) is 11.4 Å². The number of rotatable bonds is 6. The van der Waals surface area contributed by atoms with Crippen LogP contribution in [0.1, 0.15) is 30.9 Å². The minimum absolute atomic E-state index is 0.132. The number of hydrogen-bond donors (Lipinski definition) is 3. The lowest BCUT2D eigenvalue weighted by Crippen LogP contribution is -2.24. The summed E-state index contributed by atoms with van der Waals surface area (Å²) in [5.41, 5.74) is 3.08. The Kier molecular flexibility index (Phi) is 6.02. The molecule has 1 aliphatic carbocycles. The summed E-state index contributed by atoms with van der Waals surface area (Å²) in [5.74, 6) is -2.93. The molecule has 1 saturated carbocycles. The van der Waals surface area contributed by atoms with Crippen LogP contribution in [-0.2, 0) is 4.79 Å². The summed E-state index contributed by atoms with van der Waals surface area (Å²) in [7, 11) is 0. The van der Waals surface area contributed by atoms with Gasteiger partial charge in [-0.15, -0.1) is 0 Å². The van der Waals surface area contributed by atoms with Crippen LogP contribution in [0.15, 0.2) is 60.7 Å². The maximum Gasteiger partial charge on any atom is 0.306 e. The lowest BCUT2D eigenvalue weighted by molar-refractivity contribution is -0.144. The van der Waals surface area contributed by atoms with Gasteiger partial charge in [0.15, 0.2) is 5.13 Å². The van der Waals surface area contributed by atoms with Crippen LogP contribution < -0.4 is 5.32 Å². The van der Waals surface area contributed by atoms with Gasteiger partial charge < -0.3 is 15.5 Å². The van der Waals surface area contributed by atoms with Crippen LogP contribution in [-0.4, -0.2) is 21.2 Å². The number of carboxylic acids is 1. The Morgan fingerprint density at radius 1 is 1.03 bits per heavy atom. The number of carboxylic acid groups (broad SMARTS) is 1. The molecule has 0 saturated heterocycles. The zero-order chi connectivity index (χ0) is 23.8. The second-order valence-corrected chi connectivity index (χ2v) is 9.58. The Morgan fingerprint density at radius 3 is 2.53 bits per heavy atom. The van der Waals surface area contributed by atoms with Gasteiger partial charge in [0.1, 0.15) is 11.6 Å². The summed E-state index contributed by atoms with van der Waals surface area (Å²) < 4.78 is 29.1. The summed E-state index contributed by atoms with van der Waals surface area (Å²) in [6, 6.07) is 16.5. The molecule has 4 aromatic rings. The SMILES string of the molecule is O=C(O)[C@@H]1CCC[C@H]1C(O)c1ccc(-c2ccc(Nc3nc4ccc(F)cc4s3)cc2)cc1F. The van der Waals surface area contributed by atoms with E-state index in [1.165, 1.54) is 29.5 Å². The van der Waals surface area contributed by atoms with Crippen molar-refractivity contribution in [2.24, 2.45) is 11.8 Å². The van der Waals surface area contributed by atoms with Crippen molar-refractivity contribution in [1.82, 2.24) is 4.98 Å². The van der Waals surface area contributed by atoms with E-state index in [0.29, 0.717) is 30.0 Å². The number of aliphatic hydroxyl groups is 1. The van der Waals surface area contributed by atoms with Crippen LogP contribution in [0.3, 0.4) is 0 Å². The third kappa shape index (κ3) is 4.38. The highest BCUT2D eigenvalue weighted by Gasteiger charge is 2.38. The fraction of sp³-hybridized carbons (Fsp3) is 0.231. The zero-order valence-corrected chi connectivity index (χ0v) is 18.9. The smallest absolute Gasteiger partial charge is 0.306 e. The number of nitrogens with one attached hydrogen (secondary N) is 1. The molecule has 8 heteroatoms.